The normalized spacial score (nSPS) is 9.95. The molecule has 0 spiro atoms. The number of anilines is 1. The second-order valence-electron chi connectivity index (χ2n) is 3.72. The molecule has 1 aromatic carbocycles. The molecule has 0 radical (unpaired) electrons. The molecule has 98 valence electrons. The Morgan fingerprint density at radius 3 is 2.68 bits per heavy atom. The average Bonchev–Trinajstić information content (AvgIpc) is 2.45. The summed E-state index contributed by atoms with van der Waals surface area (Å²) in [6, 6.07) is 11.9. The van der Waals surface area contributed by atoms with Gasteiger partial charge < -0.3 is 10.2 Å². The van der Waals surface area contributed by atoms with Crippen LogP contribution in [-0.2, 0) is 6.61 Å². The smallest absolute Gasteiger partial charge is 0.278 e. The molecule has 7 nitrogen and oxygen atoms in total. The third-order valence-corrected chi connectivity index (χ3v) is 2.37. The maximum atomic E-state index is 10.7. The van der Waals surface area contributed by atoms with Crippen LogP contribution in [0.5, 0.6) is 5.88 Å². The van der Waals surface area contributed by atoms with E-state index in [1.807, 2.05) is 30.3 Å². The van der Waals surface area contributed by atoms with E-state index in [1.54, 1.807) is 0 Å². The zero-order chi connectivity index (χ0) is 13.7. The minimum Gasteiger partial charge on any atom is -0.473 e. The predicted octanol–water partition coefficient (Wildman–Crippen LogP) is 1.85. The predicted molar refractivity (Wildman–Crippen MR) is 69.5 cm³/mol. The van der Waals surface area contributed by atoms with Crippen molar-refractivity contribution in [2.75, 3.05) is 5.43 Å². The molecule has 0 atom stereocenters. The summed E-state index contributed by atoms with van der Waals surface area (Å²) in [7, 11) is 0. The SMILES string of the molecule is NNc1cc([N+](=O)[O-])cc(OCc2ccccc2)n1. The molecule has 0 aliphatic heterocycles. The zero-order valence-electron chi connectivity index (χ0n) is 9.95. The van der Waals surface area contributed by atoms with Crippen LogP contribution < -0.4 is 16.0 Å². The fourth-order valence-electron chi connectivity index (χ4n) is 1.48. The van der Waals surface area contributed by atoms with Gasteiger partial charge in [0.05, 0.1) is 17.1 Å². The number of hydrazine groups is 1. The van der Waals surface area contributed by atoms with Gasteiger partial charge in [-0.2, -0.15) is 4.98 Å². The summed E-state index contributed by atoms with van der Waals surface area (Å²) in [6.45, 7) is 0.277. The summed E-state index contributed by atoms with van der Waals surface area (Å²) in [5.74, 6) is 5.53. The number of pyridine rings is 1. The number of nitrogens with zero attached hydrogens (tertiary/aromatic N) is 2. The average molecular weight is 260 g/mol. The molecular weight excluding hydrogens is 248 g/mol. The third-order valence-electron chi connectivity index (χ3n) is 2.37. The number of hydrogen-bond donors (Lipinski definition) is 2. The van der Waals surface area contributed by atoms with E-state index in [4.69, 9.17) is 10.6 Å². The minimum absolute atomic E-state index is 0.133. The molecule has 0 saturated heterocycles. The Morgan fingerprint density at radius 2 is 2.05 bits per heavy atom. The summed E-state index contributed by atoms with van der Waals surface area (Å²) >= 11 is 0. The standard InChI is InChI=1S/C12H12N4O3/c13-15-11-6-10(16(17)18)7-12(14-11)19-8-9-4-2-1-3-5-9/h1-7H,8,13H2,(H,14,15). The number of nitrogens with two attached hydrogens (primary N) is 1. The zero-order valence-corrected chi connectivity index (χ0v) is 9.95. The third kappa shape index (κ3) is 3.39. The second kappa shape index (κ2) is 5.78. The summed E-state index contributed by atoms with van der Waals surface area (Å²) in [5, 5.41) is 10.7. The Bertz CT molecular complexity index is 574. The van der Waals surface area contributed by atoms with Gasteiger partial charge in [-0.1, -0.05) is 30.3 Å². The maximum absolute atomic E-state index is 10.7. The Hall–Kier alpha value is -2.67. The first kappa shape index (κ1) is 12.8. The van der Waals surface area contributed by atoms with Gasteiger partial charge >= 0.3 is 0 Å². The summed E-state index contributed by atoms with van der Waals surface area (Å²) in [4.78, 5) is 14.2. The van der Waals surface area contributed by atoms with Crippen LogP contribution in [0, 0.1) is 10.1 Å². The van der Waals surface area contributed by atoms with Gasteiger partial charge in [-0.25, -0.2) is 5.84 Å². The monoisotopic (exact) mass is 260 g/mol. The largest absolute Gasteiger partial charge is 0.473 e. The molecule has 0 saturated carbocycles. The van der Waals surface area contributed by atoms with Crippen molar-refractivity contribution in [1.29, 1.82) is 0 Å². The number of benzene rings is 1. The van der Waals surface area contributed by atoms with E-state index in [2.05, 4.69) is 10.4 Å². The van der Waals surface area contributed by atoms with Crippen molar-refractivity contribution in [2.24, 2.45) is 5.84 Å². The highest BCUT2D eigenvalue weighted by Crippen LogP contribution is 2.22. The molecule has 0 amide bonds. The minimum atomic E-state index is -0.530. The van der Waals surface area contributed by atoms with Crippen LogP contribution in [0.3, 0.4) is 0 Å². The topological polar surface area (TPSA) is 103 Å². The maximum Gasteiger partial charge on any atom is 0.278 e. The van der Waals surface area contributed by atoms with Crippen molar-refractivity contribution in [3.8, 4) is 5.88 Å². The number of nitrogens with one attached hydrogen (secondary N) is 1. The van der Waals surface area contributed by atoms with Crippen molar-refractivity contribution >= 4 is 11.5 Å². The Morgan fingerprint density at radius 1 is 1.32 bits per heavy atom. The van der Waals surface area contributed by atoms with Crippen molar-refractivity contribution in [1.82, 2.24) is 4.98 Å². The van der Waals surface area contributed by atoms with E-state index in [1.165, 1.54) is 12.1 Å². The second-order valence-corrected chi connectivity index (χ2v) is 3.72. The molecule has 0 bridgehead atoms. The Kier molecular flexibility index (Phi) is 3.89. The van der Waals surface area contributed by atoms with Gasteiger partial charge in [0, 0.05) is 0 Å². The fourth-order valence-corrected chi connectivity index (χ4v) is 1.48. The van der Waals surface area contributed by atoms with E-state index in [9.17, 15) is 10.1 Å². The first-order valence-corrected chi connectivity index (χ1v) is 5.49. The van der Waals surface area contributed by atoms with Crippen LogP contribution in [0.15, 0.2) is 42.5 Å². The lowest BCUT2D eigenvalue weighted by molar-refractivity contribution is -0.384. The van der Waals surface area contributed by atoms with Crippen LogP contribution in [0.4, 0.5) is 11.5 Å². The van der Waals surface area contributed by atoms with Crippen LogP contribution in [0.2, 0.25) is 0 Å². The number of ether oxygens (including phenoxy) is 1. The molecule has 2 aromatic rings. The van der Waals surface area contributed by atoms with E-state index >= 15 is 0 Å². The first-order valence-electron chi connectivity index (χ1n) is 5.49. The molecule has 19 heavy (non-hydrogen) atoms. The molecule has 0 unspecified atom stereocenters. The van der Waals surface area contributed by atoms with Crippen molar-refractivity contribution in [3.63, 3.8) is 0 Å². The molecular formula is C12H12N4O3. The van der Waals surface area contributed by atoms with E-state index in [-0.39, 0.29) is 24.0 Å². The van der Waals surface area contributed by atoms with Crippen molar-refractivity contribution in [2.45, 2.75) is 6.61 Å². The first-order chi connectivity index (χ1) is 9.19. The molecule has 2 rings (SSSR count). The Balaban J connectivity index is 2.15. The molecule has 0 aliphatic carbocycles. The molecule has 7 heteroatoms. The van der Waals surface area contributed by atoms with Crippen molar-refractivity contribution in [3.05, 3.63) is 58.1 Å². The summed E-state index contributed by atoms with van der Waals surface area (Å²) < 4.78 is 5.41. The highest BCUT2D eigenvalue weighted by molar-refractivity contribution is 5.47. The van der Waals surface area contributed by atoms with E-state index in [0.717, 1.165) is 5.56 Å². The van der Waals surface area contributed by atoms with E-state index in [0.29, 0.717) is 0 Å². The van der Waals surface area contributed by atoms with E-state index < -0.39 is 4.92 Å². The van der Waals surface area contributed by atoms with Gasteiger partial charge in [-0.05, 0) is 5.56 Å². The fraction of sp³-hybridized carbons (Fsp3) is 0.0833. The Labute approximate surface area is 109 Å². The number of nitrogen functional groups attached to an aromatic ring is 1. The molecule has 1 aromatic heterocycles. The summed E-state index contributed by atoms with van der Waals surface area (Å²) in [5.41, 5.74) is 3.07. The van der Waals surface area contributed by atoms with Crippen LogP contribution >= 0.6 is 0 Å². The van der Waals surface area contributed by atoms with Gasteiger partial charge in [0.2, 0.25) is 5.88 Å². The van der Waals surface area contributed by atoms with Gasteiger partial charge in [0.15, 0.2) is 5.82 Å². The van der Waals surface area contributed by atoms with Gasteiger partial charge in [0.1, 0.15) is 6.61 Å². The highest BCUT2D eigenvalue weighted by atomic mass is 16.6. The number of rotatable bonds is 5. The van der Waals surface area contributed by atoms with Gasteiger partial charge in [0.25, 0.3) is 5.69 Å². The lowest BCUT2D eigenvalue weighted by Crippen LogP contribution is -2.09. The van der Waals surface area contributed by atoms with Gasteiger partial charge in [-0.3, -0.25) is 10.1 Å². The van der Waals surface area contributed by atoms with Crippen molar-refractivity contribution < 1.29 is 9.66 Å². The number of nitro groups is 1. The molecule has 0 fully saturated rings. The summed E-state index contributed by atoms with van der Waals surface area (Å²) in [6.07, 6.45) is 0. The number of hydrogen-bond acceptors (Lipinski definition) is 6. The molecule has 0 aliphatic rings. The van der Waals surface area contributed by atoms with Crippen LogP contribution in [0.25, 0.3) is 0 Å². The number of aromatic nitrogens is 1. The molecule has 3 N–H and O–H groups in total. The van der Waals surface area contributed by atoms with Crippen LogP contribution in [-0.4, -0.2) is 9.91 Å². The van der Waals surface area contributed by atoms with Crippen LogP contribution in [0.1, 0.15) is 5.56 Å². The highest BCUT2D eigenvalue weighted by Gasteiger charge is 2.11. The quantitative estimate of drug-likeness (QED) is 0.483. The lowest BCUT2D eigenvalue weighted by atomic mass is 10.2. The van der Waals surface area contributed by atoms with Gasteiger partial charge in [-0.15, -0.1) is 0 Å². The molecule has 1 heterocycles. The lowest BCUT2D eigenvalue weighted by Gasteiger charge is -2.07.